The number of aliphatic hydroxyl groups is 1. The van der Waals surface area contributed by atoms with E-state index < -0.39 is 11.9 Å². The van der Waals surface area contributed by atoms with E-state index in [-0.39, 0.29) is 18.3 Å². The second-order valence-corrected chi connectivity index (χ2v) is 6.18. The van der Waals surface area contributed by atoms with Crippen molar-refractivity contribution in [1.82, 2.24) is 0 Å². The van der Waals surface area contributed by atoms with Crippen LogP contribution in [0.4, 0.5) is 0 Å². The first-order valence-electron chi connectivity index (χ1n) is 8.79. The first-order chi connectivity index (χ1) is 10.6. The molecule has 130 valence electrons. The molecule has 0 aliphatic rings. The van der Waals surface area contributed by atoms with Gasteiger partial charge in [0.2, 0.25) is 0 Å². The molecule has 0 aromatic rings. The zero-order valence-electron chi connectivity index (χ0n) is 14.6. The first-order valence-corrected chi connectivity index (χ1v) is 8.79. The van der Waals surface area contributed by atoms with Crippen LogP contribution in [-0.4, -0.2) is 30.6 Å². The van der Waals surface area contributed by atoms with Crippen LogP contribution in [0.5, 0.6) is 0 Å². The molecule has 0 aromatic carbocycles. The smallest absolute Gasteiger partial charge is 0.316 e. The SMILES string of the molecule is CCCCCCCCCCC(=O)C(C(=O)OC)C(C)CCO. The Kier molecular flexibility index (Phi) is 13.2. The summed E-state index contributed by atoms with van der Waals surface area (Å²) >= 11 is 0. The summed E-state index contributed by atoms with van der Waals surface area (Å²) in [6, 6.07) is 0. The molecule has 0 saturated heterocycles. The van der Waals surface area contributed by atoms with Gasteiger partial charge in [0.1, 0.15) is 11.7 Å². The quantitative estimate of drug-likeness (QED) is 0.300. The molecule has 0 heterocycles. The third kappa shape index (κ3) is 9.19. The lowest BCUT2D eigenvalue weighted by atomic mass is 9.85. The number of unbranched alkanes of at least 4 members (excludes halogenated alkanes) is 7. The molecule has 4 nitrogen and oxygen atoms in total. The lowest BCUT2D eigenvalue weighted by molar-refractivity contribution is -0.151. The molecule has 0 saturated carbocycles. The third-order valence-electron chi connectivity index (χ3n) is 4.23. The van der Waals surface area contributed by atoms with E-state index >= 15 is 0 Å². The van der Waals surface area contributed by atoms with Crippen molar-refractivity contribution >= 4 is 11.8 Å². The molecule has 2 atom stereocenters. The molecule has 0 rings (SSSR count). The van der Waals surface area contributed by atoms with Crippen molar-refractivity contribution in [1.29, 1.82) is 0 Å². The summed E-state index contributed by atoms with van der Waals surface area (Å²) < 4.78 is 4.74. The zero-order chi connectivity index (χ0) is 16.8. The highest BCUT2D eigenvalue weighted by atomic mass is 16.5. The molecule has 0 aromatic heterocycles. The maximum absolute atomic E-state index is 12.3. The largest absolute Gasteiger partial charge is 0.468 e. The van der Waals surface area contributed by atoms with E-state index in [9.17, 15) is 9.59 Å². The van der Waals surface area contributed by atoms with Crippen molar-refractivity contribution in [3.05, 3.63) is 0 Å². The van der Waals surface area contributed by atoms with Crippen molar-refractivity contribution in [2.45, 2.75) is 78.1 Å². The molecule has 0 amide bonds. The zero-order valence-corrected chi connectivity index (χ0v) is 14.6. The number of methoxy groups -OCH3 is 1. The van der Waals surface area contributed by atoms with Crippen LogP contribution in [0.1, 0.15) is 78.1 Å². The summed E-state index contributed by atoms with van der Waals surface area (Å²) in [6.45, 7) is 4.02. The van der Waals surface area contributed by atoms with E-state index in [0.29, 0.717) is 12.8 Å². The van der Waals surface area contributed by atoms with Crippen LogP contribution in [0.15, 0.2) is 0 Å². The minimum atomic E-state index is -0.721. The Morgan fingerprint density at radius 2 is 1.55 bits per heavy atom. The van der Waals surface area contributed by atoms with E-state index in [1.54, 1.807) is 0 Å². The fourth-order valence-electron chi connectivity index (χ4n) is 2.77. The van der Waals surface area contributed by atoms with Crippen LogP contribution in [-0.2, 0) is 14.3 Å². The number of rotatable bonds is 14. The predicted octanol–water partition coefficient (Wildman–Crippen LogP) is 3.89. The molecule has 0 radical (unpaired) electrons. The molecular weight excluding hydrogens is 280 g/mol. The average Bonchev–Trinajstić information content (AvgIpc) is 2.50. The highest BCUT2D eigenvalue weighted by Crippen LogP contribution is 2.21. The summed E-state index contributed by atoms with van der Waals surface area (Å²) in [4.78, 5) is 24.0. The van der Waals surface area contributed by atoms with Gasteiger partial charge in [-0.2, -0.15) is 0 Å². The average molecular weight is 314 g/mol. The second kappa shape index (κ2) is 13.7. The molecule has 0 aliphatic heterocycles. The van der Waals surface area contributed by atoms with Crippen LogP contribution in [0.3, 0.4) is 0 Å². The first kappa shape index (κ1) is 21.1. The van der Waals surface area contributed by atoms with E-state index in [4.69, 9.17) is 9.84 Å². The number of Topliss-reactive ketones (excluding diaryl/α,β-unsaturated/α-hetero) is 1. The molecule has 2 unspecified atom stereocenters. The molecule has 1 N–H and O–H groups in total. The van der Waals surface area contributed by atoms with Crippen LogP contribution in [0, 0.1) is 11.8 Å². The summed E-state index contributed by atoms with van der Waals surface area (Å²) in [7, 11) is 1.31. The molecule has 0 spiro atoms. The van der Waals surface area contributed by atoms with Crippen molar-refractivity contribution in [3.63, 3.8) is 0 Å². The topological polar surface area (TPSA) is 63.6 Å². The van der Waals surface area contributed by atoms with Gasteiger partial charge in [0.05, 0.1) is 7.11 Å². The predicted molar refractivity (Wildman–Crippen MR) is 88.6 cm³/mol. The fourth-order valence-corrected chi connectivity index (χ4v) is 2.77. The standard InChI is InChI=1S/C18H34O4/c1-4-5-6-7-8-9-10-11-12-16(20)17(18(21)22-3)15(2)13-14-19/h15,17,19H,4-14H2,1-3H3. The molecular formula is C18H34O4. The highest BCUT2D eigenvalue weighted by Gasteiger charge is 2.31. The van der Waals surface area contributed by atoms with Crippen LogP contribution < -0.4 is 0 Å². The summed E-state index contributed by atoms with van der Waals surface area (Å²) in [5.41, 5.74) is 0. The van der Waals surface area contributed by atoms with E-state index in [0.717, 1.165) is 19.3 Å². The lowest BCUT2D eigenvalue weighted by Crippen LogP contribution is -2.31. The van der Waals surface area contributed by atoms with Gasteiger partial charge in [-0.25, -0.2) is 0 Å². The van der Waals surface area contributed by atoms with Gasteiger partial charge in [0.25, 0.3) is 0 Å². The van der Waals surface area contributed by atoms with E-state index in [2.05, 4.69) is 6.92 Å². The Hall–Kier alpha value is -0.900. The van der Waals surface area contributed by atoms with Crippen molar-refractivity contribution < 1.29 is 19.4 Å². The summed E-state index contributed by atoms with van der Waals surface area (Å²) in [5.74, 6) is -1.40. The number of ketones is 1. The number of esters is 1. The van der Waals surface area contributed by atoms with Gasteiger partial charge in [-0.15, -0.1) is 0 Å². The van der Waals surface area contributed by atoms with Gasteiger partial charge in [0, 0.05) is 13.0 Å². The minimum absolute atomic E-state index is 0.0142. The highest BCUT2D eigenvalue weighted by molar-refractivity contribution is 5.99. The lowest BCUT2D eigenvalue weighted by Gasteiger charge is -2.19. The van der Waals surface area contributed by atoms with Gasteiger partial charge >= 0.3 is 5.97 Å². The van der Waals surface area contributed by atoms with Crippen molar-refractivity contribution in [3.8, 4) is 0 Å². The van der Waals surface area contributed by atoms with Crippen LogP contribution in [0.25, 0.3) is 0 Å². The minimum Gasteiger partial charge on any atom is -0.468 e. The monoisotopic (exact) mass is 314 g/mol. The van der Waals surface area contributed by atoms with Gasteiger partial charge in [0.15, 0.2) is 0 Å². The number of ether oxygens (including phenoxy) is 1. The van der Waals surface area contributed by atoms with Crippen LogP contribution >= 0.6 is 0 Å². The second-order valence-electron chi connectivity index (χ2n) is 6.18. The Morgan fingerprint density at radius 3 is 2.05 bits per heavy atom. The summed E-state index contributed by atoms with van der Waals surface area (Å²) in [6.07, 6.45) is 10.3. The van der Waals surface area contributed by atoms with Gasteiger partial charge < -0.3 is 9.84 Å². The molecule has 0 bridgehead atoms. The third-order valence-corrected chi connectivity index (χ3v) is 4.23. The van der Waals surface area contributed by atoms with Crippen molar-refractivity contribution in [2.75, 3.05) is 13.7 Å². The van der Waals surface area contributed by atoms with Gasteiger partial charge in [-0.3, -0.25) is 9.59 Å². The maximum atomic E-state index is 12.3. The number of carbonyl (C=O) groups is 2. The number of hydrogen-bond donors (Lipinski definition) is 1. The normalized spacial score (nSPS) is 13.6. The molecule has 0 aliphatic carbocycles. The Balaban J connectivity index is 4.00. The van der Waals surface area contributed by atoms with E-state index in [1.807, 2.05) is 6.92 Å². The molecule has 22 heavy (non-hydrogen) atoms. The van der Waals surface area contributed by atoms with Gasteiger partial charge in [-0.05, 0) is 18.8 Å². The van der Waals surface area contributed by atoms with Gasteiger partial charge in [-0.1, -0.05) is 58.8 Å². The number of aliphatic hydroxyl groups excluding tert-OH is 1. The maximum Gasteiger partial charge on any atom is 0.316 e. The van der Waals surface area contributed by atoms with E-state index in [1.165, 1.54) is 39.2 Å². The Bertz CT molecular complexity index is 301. The Labute approximate surface area is 135 Å². The fraction of sp³-hybridized carbons (Fsp3) is 0.889. The van der Waals surface area contributed by atoms with Crippen molar-refractivity contribution in [2.24, 2.45) is 11.8 Å². The Morgan fingerprint density at radius 1 is 1.00 bits per heavy atom. The number of carbonyl (C=O) groups excluding carboxylic acids is 2. The van der Waals surface area contributed by atoms with Crippen LogP contribution in [0.2, 0.25) is 0 Å². The molecule has 0 fully saturated rings. The number of hydrogen-bond acceptors (Lipinski definition) is 4. The molecule has 4 heteroatoms. The summed E-state index contributed by atoms with van der Waals surface area (Å²) in [5, 5.41) is 8.99.